The van der Waals surface area contributed by atoms with E-state index in [4.69, 9.17) is 9.84 Å². The highest BCUT2D eigenvalue weighted by Crippen LogP contribution is 2.23. The molecule has 0 aromatic heterocycles. The van der Waals surface area contributed by atoms with Crippen LogP contribution in [0.25, 0.3) is 0 Å². The van der Waals surface area contributed by atoms with Gasteiger partial charge in [-0.15, -0.1) is 0 Å². The average molecular weight is 201 g/mol. The molecule has 1 fully saturated rings. The van der Waals surface area contributed by atoms with Gasteiger partial charge in [0.15, 0.2) is 0 Å². The van der Waals surface area contributed by atoms with Crippen molar-refractivity contribution in [3.8, 4) is 0 Å². The van der Waals surface area contributed by atoms with Gasteiger partial charge in [0.1, 0.15) is 6.04 Å². The zero-order valence-corrected chi connectivity index (χ0v) is 8.40. The number of nitrogens with zero attached hydrogens (tertiary/aromatic N) is 1. The number of amides is 1. The van der Waals surface area contributed by atoms with Gasteiger partial charge in [0.05, 0.1) is 6.61 Å². The third kappa shape index (κ3) is 2.16. The predicted octanol–water partition coefficient (Wildman–Crippen LogP) is 0.938. The molecule has 1 amide bonds. The second-order valence-electron chi connectivity index (χ2n) is 3.54. The number of hydrogen-bond donors (Lipinski definition) is 1. The Morgan fingerprint density at radius 3 is 2.71 bits per heavy atom. The lowest BCUT2D eigenvalue weighted by Gasteiger charge is -2.19. The highest BCUT2D eigenvalue weighted by atomic mass is 16.5. The summed E-state index contributed by atoms with van der Waals surface area (Å²) in [5, 5.41) is 8.84. The lowest BCUT2D eigenvalue weighted by molar-refractivity contribution is -0.147. The number of carbonyl (C=O) groups excluding carboxylic acids is 1. The average Bonchev–Trinajstić information content (AvgIpc) is 2.48. The van der Waals surface area contributed by atoms with Crippen LogP contribution in [0.4, 0.5) is 4.79 Å². The number of esters is 1. The van der Waals surface area contributed by atoms with Crippen molar-refractivity contribution in [2.45, 2.75) is 26.3 Å². The maximum Gasteiger partial charge on any atom is 0.408 e. The first-order valence-electron chi connectivity index (χ1n) is 4.72. The first kappa shape index (κ1) is 10.8. The molecule has 0 aromatic carbocycles. The first-order chi connectivity index (χ1) is 6.56. The number of carboxylic acid groups (broad SMARTS) is 1. The van der Waals surface area contributed by atoms with Crippen LogP contribution >= 0.6 is 0 Å². The highest BCUT2D eigenvalue weighted by Gasteiger charge is 2.38. The zero-order valence-electron chi connectivity index (χ0n) is 8.40. The fourth-order valence-electron chi connectivity index (χ4n) is 1.72. The summed E-state index contributed by atoms with van der Waals surface area (Å²) in [6, 6.07) is -0.609. The molecule has 1 rings (SSSR count). The van der Waals surface area contributed by atoms with Crippen molar-refractivity contribution < 1.29 is 19.4 Å². The van der Waals surface area contributed by atoms with Gasteiger partial charge in [0.2, 0.25) is 0 Å². The molecule has 1 heterocycles. The van der Waals surface area contributed by atoms with Gasteiger partial charge >= 0.3 is 12.1 Å². The van der Waals surface area contributed by atoms with E-state index in [1.165, 1.54) is 0 Å². The Morgan fingerprint density at radius 1 is 1.57 bits per heavy atom. The predicted molar refractivity (Wildman–Crippen MR) is 48.9 cm³/mol. The molecule has 14 heavy (non-hydrogen) atoms. The van der Waals surface area contributed by atoms with E-state index in [1.807, 2.05) is 6.92 Å². The fraction of sp³-hybridized carbons (Fsp3) is 0.778. The molecule has 1 saturated heterocycles. The molecule has 2 unspecified atom stereocenters. The number of carbonyl (C=O) groups is 2. The monoisotopic (exact) mass is 201 g/mol. The second-order valence-corrected chi connectivity index (χ2v) is 3.54. The third-order valence-corrected chi connectivity index (χ3v) is 2.31. The van der Waals surface area contributed by atoms with Crippen LogP contribution in [-0.4, -0.2) is 41.3 Å². The first-order valence-corrected chi connectivity index (χ1v) is 4.72. The Labute approximate surface area is 82.6 Å². The van der Waals surface area contributed by atoms with Gasteiger partial charge < -0.3 is 9.84 Å². The molecule has 1 aliphatic heterocycles. The summed E-state index contributed by atoms with van der Waals surface area (Å²) in [5.74, 6) is -0.209. The van der Waals surface area contributed by atoms with E-state index in [0.29, 0.717) is 13.0 Å². The minimum Gasteiger partial charge on any atom is -0.465 e. The van der Waals surface area contributed by atoms with Crippen LogP contribution in [0, 0.1) is 5.92 Å². The third-order valence-electron chi connectivity index (χ3n) is 2.31. The molecule has 0 bridgehead atoms. The topological polar surface area (TPSA) is 66.8 Å². The van der Waals surface area contributed by atoms with E-state index in [1.54, 1.807) is 6.92 Å². The molecule has 0 radical (unpaired) electrons. The molecule has 1 N–H and O–H groups in total. The van der Waals surface area contributed by atoms with Crippen molar-refractivity contribution in [1.82, 2.24) is 4.90 Å². The van der Waals surface area contributed by atoms with Crippen molar-refractivity contribution in [1.29, 1.82) is 0 Å². The summed E-state index contributed by atoms with van der Waals surface area (Å²) in [6.07, 6.45) is -0.488. The molecular weight excluding hydrogens is 186 g/mol. The molecule has 0 saturated carbocycles. The Balaban J connectivity index is 2.66. The quantitative estimate of drug-likeness (QED) is 0.675. The molecule has 0 spiro atoms. The van der Waals surface area contributed by atoms with E-state index >= 15 is 0 Å². The molecule has 0 aromatic rings. The van der Waals surface area contributed by atoms with E-state index in [2.05, 4.69) is 0 Å². The molecule has 5 heteroatoms. The Bertz CT molecular complexity index is 241. The van der Waals surface area contributed by atoms with Crippen molar-refractivity contribution in [2.75, 3.05) is 13.2 Å². The Kier molecular flexibility index (Phi) is 3.33. The van der Waals surface area contributed by atoms with Crippen LogP contribution < -0.4 is 0 Å². The molecule has 80 valence electrons. The Morgan fingerprint density at radius 2 is 2.21 bits per heavy atom. The van der Waals surface area contributed by atoms with Crippen molar-refractivity contribution in [2.24, 2.45) is 5.92 Å². The van der Waals surface area contributed by atoms with Gasteiger partial charge in [0.25, 0.3) is 0 Å². The SMILES string of the molecule is CCOC(=O)C1CC(C)CN1C(=O)O. The van der Waals surface area contributed by atoms with Crippen molar-refractivity contribution >= 4 is 12.1 Å². The lowest BCUT2D eigenvalue weighted by atomic mass is 10.1. The minimum atomic E-state index is -1.05. The van der Waals surface area contributed by atoms with Gasteiger partial charge in [-0.25, -0.2) is 9.59 Å². The van der Waals surface area contributed by atoms with Crippen LogP contribution in [-0.2, 0) is 9.53 Å². The number of likely N-dealkylation sites (tertiary alicyclic amines) is 1. The summed E-state index contributed by atoms with van der Waals surface area (Å²) in [7, 11) is 0. The van der Waals surface area contributed by atoms with Crippen LogP contribution in [0.1, 0.15) is 20.3 Å². The maximum atomic E-state index is 11.4. The van der Waals surface area contributed by atoms with Gasteiger partial charge in [0, 0.05) is 6.54 Å². The number of hydrogen-bond acceptors (Lipinski definition) is 3. The molecule has 1 aliphatic rings. The van der Waals surface area contributed by atoms with Gasteiger partial charge in [-0.1, -0.05) is 6.92 Å². The van der Waals surface area contributed by atoms with Gasteiger partial charge in [-0.3, -0.25) is 4.90 Å². The fourth-order valence-corrected chi connectivity index (χ4v) is 1.72. The zero-order chi connectivity index (χ0) is 10.7. The van der Waals surface area contributed by atoms with E-state index in [9.17, 15) is 9.59 Å². The number of rotatable bonds is 2. The summed E-state index contributed by atoms with van der Waals surface area (Å²) in [5.41, 5.74) is 0. The van der Waals surface area contributed by atoms with E-state index in [0.717, 1.165) is 4.90 Å². The van der Waals surface area contributed by atoms with E-state index in [-0.39, 0.29) is 12.5 Å². The molecular formula is C9H15NO4. The summed E-state index contributed by atoms with van der Waals surface area (Å²) < 4.78 is 4.81. The van der Waals surface area contributed by atoms with Crippen LogP contribution in [0.3, 0.4) is 0 Å². The van der Waals surface area contributed by atoms with Gasteiger partial charge in [-0.2, -0.15) is 0 Å². The standard InChI is InChI=1S/C9H15NO4/c1-3-14-8(11)7-4-6(2)5-10(7)9(12)13/h6-7H,3-5H2,1-2H3,(H,12,13). The minimum absolute atomic E-state index is 0.223. The summed E-state index contributed by atoms with van der Waals surface area (Å²) >= 11 is 0. The van der Waals surface area contributed by atoms with E-state index < -0.39 is 18.1 Å². The van der Waals surface area contributed by atoms with Crippen molar-refractivity contribution in [3.63, 3.8) is 0 Å². The van der Waals surface area contributed by atoms with Gasteiger partial charge in [-0.05, 0) is 19.3 Å². The lowest BCUT2D eigenvalue weighted by Crippen LogP contribution is -2.40. The Hall–Kier alpha value is -1.26. The number of ether oxygens (including phenoxy) is 1. The highest BCUT2D eigenvalue weighted by molar-refractivity contribution is 5.81. The smallest absolute Gasteiger partial charge is 0.408 e. The van der Waals surface area contributed by atoms with Crippen molar-refractivity contribution in [3.05, 3.63) is 0 Å². The van der Waals surface area contributed by atoms with Crippen LogP contribution in [0.2, 0.25) is 0 Å². The molecule has 2 atom stereocenters. The largest absolute Gasteiger partial charge is 0.465 e. The normalized spacial score (nSPS) is 26.3. The summed E-state index contributed by atoms with van der Waals surface area (Å²) in [6.45, 7) is 4.34. The van der Waals surface area contributed by atoms with Crippen LogP contribution in [0.5, 0.6) is 0 Å². The summed E-state index contributed by atoms with van der Waals surface area (Å²) in [4.78, 5) is 23.3. The molecule has 5 nitrogen and oxygen atoms in total. The maximum absolute atomic E-state index is 11.4. The van der Waals surface area contributed by atoms with Crippen LogP contribution in [0.15, 0.2) is 0 Å². The molecule has 0 aliphatic carbocycles. The second kappa shape index (κ2) is 4.30.